The molecular formula is C18H25NO5. The number of carboxylic acids is 1. The molecule has 1 aromatic carbocycles. The summed E-state index contributed by atoms with van der Waals surface area (Å²) in [6, 6.07) is 6.44. The Balaban J connectivity index is 1.56. The number of hydrogen-bond donors (Lipinski definition) is 2. The molecule has 6 nitrogen and oxygen atoms in total. The highest BCUT2D eigenvalue weighted by atomic mass is 16.5. The van der Waals surface area contributed by atoms with E-state index in [0.717, 1.165) is 39.1 Å². The number of benzene rings is 1. The molecule has 132 valence electrons. The van der Waals surface area contributed by atoms with Crippen molar-refractivity contribution in [1.29, 1.82) is 0 Å². The third kappa shape index (κ3) is 6.68. The van der Waals surface area contributed by atoms with E-state index in [-0.39, 0.29) is 17.9 Å². The summed E-state index contributed by atoms with van der Waals surface area (Å²) >= 11 is 0. The molecule has 1 heterocycles. The number of rotatable bonds is 9. The second-order valence-corrected chi connectivity index (χ2v) is 6.02. The molecule has 0 spiro atoms. The maximum atomic E-state index is 11.9. The zero-order valence-electron chi connectivity index (χ0n) is 13.8. The standard InChI is InChI=1S/C18H25NO5/c20-17(12-15-3-1-4-16(11-15)18(21)22)19-7-2-8-24-13-14-5-9-23-10-6-14/h1,3-4,11,14H,2,5-10,12-13H2,(H,19,20)(H,21,22). The molecular weight excluding hydrogens is 310 g/mol. The molecule has 0 saturated carbocycles. The third-order valence-corrected chi connectivity index (χ3v) is 4.02. The van der Waals surface area contributed by atoms with E-state index >= 15 is 0 Å². The Kier molecular flexibility index (Phi) is 7.71. The number of amides is 1. The molecule has 1 fully saturated rings. The molecule has 2 N–H and O–H groups in total. The number of hydrogen-bond acceptors (Lipinski definition) is 4. The van der Waals surface area contributed by atoms with Crippen molar-refractivity contribution in [3.63, 3.8) is 0 Å². The zero-order valence-corrected chi connectivity index (χ0v) is 13.8. The van der Waals surface area contributed by atoms with Crippen molar-refractivity contribution in [3.05, 3.63) is 35.4 Å². The lowest BCUT2D eigenvalue weighted by Gasteiger charge is -2.21. The fourth-order valence-electron chi connectivity index (χ4n) is 2.63. The number of carbonyl (C=O) groups excluding carboxylic acids is 1. The predicted molar refractivity (Wildman–Crippen MR) is 89.1 cm³/mol. The van der Waals surface area contributed by atoms with Gasteiger partial charge in [0.25, 0.3) is 0 Å². The first-order valence-corrected chi connectivity index (χ1v) is 8.39. The van der Waals surface area contributed by atoms with Crippen LogP contribution in [0.5, 0.6) is 0 Å². The smallest absolute Gasteiger partial charge is 0.335 e. The van der Waals surface area contributed by atoms with E-state index in [2.05, 4.69) is 5.32 Å². The minimum absolute atomic E-state index is 0.109. The van der Waals surface area contributed by atoms with E-state index in [1.807, 2.05) is 0 Å². The number of nitrogens with one attached hydrogen (secondary N) is 1. The van der Waals surface area contributed by atoms with E-state index in [9.17, 15) is 9.59 Å². The van der Waals surface area contributed by atoms with Crippen molar-refractivity contribution < 1.29 is 24.2 Å². The van der Waals surface area contributed by atoms with Crippen LogP contribution in [-0.4, -0.2) is 50.0 Å². The fourth-order valence-corrected chi connectivity index (χ4v) is 2.63. The van der Waals surface area contributed by atoms with Gasteiger partial charge in [-0.3, -0.25) is 4.79 Å². The van der Waals surface area contributed by atoms with Gasteiger partial charge in [0.15, 0.2) is 0 Å². The zero-order chi connectivity index (χ0) is 17.2. The Labute approximate surface area is 142 Å². The summed E-state index contributed by atoms with van der Waals surface area (Å²) in [6.07, 6.45) is 3.08. The lowest BCUT2D eigenvalue weighted by atomic mass is 10.0. The normalized spacial score (nSPS) is 15.2. The average Bonchev–Trinajstić information content (AvgIpc) is 2.59. The lowest BCUT2D eigenvalue weighted by molar-refractivity contribution is -0.120. The van der Waals surface area contributed by atoms with Gasteiger partial charge in [0.05, 0.1) is 12.0 Å². The molecule has 0 aliphatic carbocycles. The quantitative estimate of drug-likeness (QED) is 0.673. The summed E-state index contributed by atoms with van der Waals surface area (Å²) in [5.41, 5.74) is 0.894. The molecule has 1 saturated heterocycles. The van der Waals surface area contributed by atoms with Gasteiger partial charge in [-0.2, -0.15) is 0 Å². The molecule has 0 radical (unpaired) electrons. The molecule has 1 aliphatic rings. The van der Waals surface area contributed by atoms with Crippen LogP contribution >= 0.6 is 0 Å². The fraction of sp³-hybridized carbons (Fsp3) is 0.556. The Morgan fingerprint density at radius 1 is 1.29 bits per heavy atom. The third-order valence-electron chi connectivity index (χ3n) is 4.02. The molecule has 1 aromatic rings. The van der Waals surface area contributed by atoms with Crippen LogP contribution in [0.15, 0.2) is 24.3 Å². The number of carbonyl (C=O) groups is 2. The Morgan fingerprint density at radius 2 is 2.08 bits per heavy atom. The molecule has 0 unspecified atom stereocenters. The Hall–Kier alpha value is -1.92. The minimum atomic E-state index is -0.987. The first kappa shape index (κ1) is 18.4. The Bertz CT molecular complexity index is 540. The van der Waals surface area contributed by atoms with E-state index in [1.54, 1.807) is 12.1 Å². The highest BCUT2D eigenvalue weighted by Crippen LogP contribution is 2.14. The first-order chi connectivity index (χ1) is 11.6. The van der Waals surface area contributed by atoms with E-state index < -0.39 is 5.97 Å². The van der Waals surface area contributed by atoms with E-state index in [0.29, 0.717) is 24.6 Å². The Morgan fingerprint density at radius 3 is 2.83 bits per heavy atom. The van der Waals surface area contributed by atoms with Gasteiger partial charge in [0.2, 0.25) is 5.91 Å². The summed E-state index contributed by atoms with van der Waals surface area (Å²) in [7, 11) is 0. The summed E-state index contributed by atoms with van der Waals surface area (Å²) in [4.78, 5) is 22.8. The molecule has 1 amide bonds. The van der Waals surface area contributed by atoms with Crippen LogP contribution in [0.25, 0.3) is 0 Å². The van der Waals surface area contributed by atoms with Gasteiger partial charge in [0.1, 0.15) is 0 Å². The van der Waals surface area contributed by atoms with Gasteiger partial charge >= 0.3 is 5.97 Å². The first-order valence-electron chi connectivity index (χ1n) is 8.39. The van der Waals surface area contributed by atoms with Crippen LogP contribution < -0.4 is 5.32 Å². The molecule has 0 bridgehead atoms. The molecule has 6 heteroatoms. The van der Waals surface area contributed by atoms with Gasteiger partial charge < -0.3 is 19.9 Å². The minimum Gasteiger partial charge on any atom is -0.478 e. The molecule has 2 rings (SSSR count). The topological polar surface area (TPSA) is 84.9 Å². The molecule has 0 aromatic heterocycles. The largest absolute Gasteiger partial charge is 0.478 e. The van der Waals surface area contributed by atoms with Crippen LogP contribution in [-0.2, 0) is 20.7 Å². The van der Waals surface area contributed by atoms with Gasteiger partial charge in [-0.15, -0.1) is 0 Å². The summed E-state index contributed by atoms with van der Waals surface area (Å²) < 4.78 is 10.9. The lowest BCUT2D eigenvalue weighted by Crippen LogP contribution is -2.27. The maximum absolute atomic E-state index is 11.9. The van der Waals surface area contributed by atoms with Crippen molar-refractivity contribution in [2.75, 3.05) is 33.0 Å². The van der Waals surface area contributed by atoms with Crippen LogP contribution in [0.4, 0.5) is 0 Å². The van der Waals surface area contributed by atoms with Crippen LogP contribution in [0, 0.1) is 5.92 Å². The van der Waals surface area contributed by atoms with Crippen molar-refractivity contribution in [2.45, 2.75) is 25.7 Å². The highest BCUT2D eigenvalue weighted by Gasteiger charge is 2.13. The average molecular weight is 335 g/mol. The monoisotopic (exact) mass is 335 g/mol. The SMILES string of the molecule is O=C(Cc1cccc(C(=O)O)c1)NCCCOCC1CCOCC1. The van der Waals surface area contributed by atoms with Crippen LogP contribution in [0.2, 0.25) is 0 Å². The van der Waals surface area contributed by atoms with Crippen molar-refractivity contribution >= 4 is 11.9 Å². The number of ether oxygens (including phenoxy) is 2. The number of aromatic carboxylic acids is 1. The van der Waals surface area contributed by atoms with Gasteiger partial charge in [0, 0.05) is 33.0 Å². The van der Waals surface area contributed by atoms with Crippen molar-refractivity contribution in [1.82, 2.24) is 5.32 Å². The highest BCUT2D eigenvalue weighted by molar-refractivity contribution is 5.88. The van der Waals surface area contributed by atoms with Crippen LogP contribution in [0.1, 0.15) is 35.2 Å². The predicted octanol–water partition coefficient (Wildman–Crippen LogP) is 1.88. The summed E-state index contributed by atoms with van der Waals surface area (Å²) in [6.45, 7) is 3.61. The summed E-state index contributed by atoms with van der Waals surface area (Å²) in [5, 5.41) is 11.8. The second kappa shape index (κ2) is 10.1. The second-order valence-electron chi connectivity index (χ2n) is 6.02. The van der Waals surface area contributed by atoms with Crippen molar-refractivity contribution in [3.8, 4) is 0 Å². The molecule has 0 atom stereocenters. The molecule has 1 aliphatic heterocycles. The van der Waals surface area contributed by atoms with E-state index in [4.69, 9.17) is 14.6 Å². The van der Waals surface area contributed by atoms with Gasteiger partial charge in [-0.05, 0) is 42.9 Å². The van der Waals surface area contributed by atoms with Gasteiger partial charge in [-0.1, -0.05) is 12.1 Å². The van der Waals surface area contributed by atoms with E-state index in [1.165, 1.54) is 12.1 Å². The summed E-state index contributed by atoms with van der Waals surface area (Å²) in [5.74, 6) is -0.504. The van der Waals surface area contributed by atoms with Crippen molar-refractivity contribution in [2.24, 2.45) is 5.92 Å². The van der Waals surface area contributed by atoms with Crippen LogP contribution in [0.3, 0.4) is 0 Å². The van der Waals surface area contributed by atoms with Gasteiger partial charge in [-0.25, -0.2) is 4.79 Å². The number of carboxylic acid groups (broad SMARTS) is 1. The molecule has 24 heavy (non-hydrogen) atoms. The maximum Gasteiger partial charge on any atom is 0.335 e.